The highest BCUT2D eigenvalue weighted by Gasteiger charge is 2.29. The van der Waals surface area contributed by atoms with E-state index in [0.29, 0.717) is 32.1 Å². The van der Waals surface area contributed by atoms with E-state index in [1.807, 2.05) is 30.4 Å². The molecule has 99 heavy (non-hydrogen) atoms. The minimum Gasteiger partial charge on any atom is -0.463 e. The summed E-state index contributed by atoms with van der Waals surface area (Å²) in [5.41, 5.74) is 0. The molecular formula is C81H126O16P2. The number of carbonyl (C=O) groups excluding carboxylic acids is 3. The van der Waals surface area contributed by atoms with Gasteiger partial charge in [-0.3, -0.25) is 32.5 Å². The number of aliphatic hydroxyl groups excluding tert-OH is 2. The summed E-state index contributed by atoms with van der Waals surface area (Å²) in [6.45, 7) is 2.11. The first-order chi connectivity index (χ1) is 48.2. The average molecular weight is 1420 g/mol. The van der Waals surface area contributed by atoms with Crippen LogP contribution in [-0.2, 0) is 55.8 Å². The fourth-order valence-corrected chi connectivity index (χ4v) is 10.2. The van der Waals surface area contributed by atoms with Crippen LogP contribution in [0, 0.1) is 0 Å². The number of hydrogen-bond donors (Lipinski definition) is 4. The molecule has 0 bridgehead atoms. The van der Waals surface area contributed by atoms with Crippen molar-refractivity contribution >= 4 is 33.6 Å². The SMILES string of the molecule is CC/C=C\C/C=C\C/C=C\C/C=C\C/C=C\C/C=C\CCCCCCCCCCC(=O)OCC(O)COP(=O)(O)OCC(O)COP(=O)(O)OCC(COC(=O)CC/C=C\C/C=C\C/C=C\C/C=C\C/C=C\C/C=C\CC)OC(=O)CCC/C=C\C/C=C\C/C=C\C/C=C\C/C=C\CC. The van der Waals surface area contributed by atoms with Crippen molar-refractivity contribution in [3.8, 4) is 0 Å². The number of esters is 3. The number of phosphoric acid groups is 2. The first kappa shape index (κ1) is 93.1. The number of carbonyl (C=O) groups is 3. The second-order valence-corrected chi connectivity index (χ2v) is 26.1. The van der Waals surface area contributed by atoms with Gasteiger partial charge in [0.1, 0.15) is 25.4 Å². The summed E-state index contributed by atoms with van der Waals surface area (Å²) in [7, 11) is -9.85. The highest BCUT2D eigenvalue weighted by Crippen LogP contribution is 2.45. The molecule has 0 aliphatic heterocycles. The summed E-state index contributed by atoms with van der Waals surface area (Å²) in [5.74, 6) is -1.77. The van der Waals surface area contributed by atoms with Crippen molar-refractivity contribution in [2.75, 3.05) is 39.6 Å². The van der Waals surface area contributed by atoms with E-state index in [2.05, 4.69) is 197 Å². The first-order valence-electron chi connectivity index (χ1n) is 36.4. The number of ether oxygens (including phenoxy) is 3. The summed E-state index contributed by atoms with van der Waals surface area (Å²) < 4.78 is 60.8. The van der Waals surface area contributed by atoms with Crippen LogP contribution in [0.1, 0.15) is 226 Å². The molecule has 0 rings (SSSR count). The fraction of sp³-hybridized carbons (Fsp3) is 0.543. The molecule has 18 heteroatoms. The van der Waals surface area contributed by atoms with Gasteiger partial charge in [0.15, 0.2) is 6.10 Å². The van der Waals surface area contributed by atoms with E-state index in [9.17, 15) is 43.5 Å². The van der Waals surface area contributed by atoms with Crippen molar-refractivity contribution in [3.05, 3.63) is 207 Å². The van der Waals surface area contributed by atoms with Gasteiger partial charge in [-0.05, 0) is 148 Å². The number of allylic oxidation sites excluding steroid dienone is 34. The van der Waals surface area contributed by atoms with Crippen LogP contribution in [0.2, 0.25) is 0 Å². The summed E-state index contributed by atoms with van der Waals surface area (Å²) in [5, 5.41) is 20.6. The summed E-state index contributed by atoms with van der Waals surface area (Å²) >= 11 is 0. The fourth-order valence-electron chi connectivity index (χ4n) is 8.57. The third-order valence-corrected chi connectivity index (χ3v) is 15.9. The maximum absolute atomic E-state index is 12.9. The molecule has 4 N–H and O–H groups in total. The van der Waals surface area contributed by atoms with Crippen LogP contribution >= 0.6 is 15.6 Å². The lowest BCUT2D eigenvalue weighted by Gasteiger charge is -2.21. The van der Waals surface area contributed by atoms with Gasteiger partial charge in [-0.1, -0.05) is 266 Å². The third kappa shape index (κ3) is 73.2. The predicted molar refractivity (Wildman–Crippen MR) is 407 cm³/mol. The van der Waals surface area contributed by atoms with Crippen LogP contribution in [0.3, 0.4) is 0 Å². The Hall–Kier alpha value is -5.87. The normalized spacial score (nSPS) is 15.3. The molecule has 16 nitrogen and oxygen atoms in total. The van der Waals surface area contributed by atoms with Crippen LogP contribution in [0.25, 0.3) is 0 Å². The maximum atomic E-state index is 12.9. The lowest BCUT2D eigenvalue weighted by atomic mass is 10.1. The molecule has 556 valence electrons. The van der Waals surface area contributed by atoms with Gasteiger partial charge in [0.2, 0.25) is 0 Å². The largest absolute Gasteiger partial charge is 0.472 e. The summed E-state index contributed by atoms with van der Waals surface area (Å²) in [6.07, 6.45) is 94.7. The Morgan fingerprint density at radius 3 is 0.889 bits per heavy atom. The monoisotopic (exact) mass is 1420 g/mol. The number of phosphoric ester groups is 2. The van der Waals surface area contributed by atoms with Crippen molar-refractivity contribution in [1.29, 1.82) is 0 Å². The van der Waals surface area contributed by atoms with Crippen LogP contribution in [0.4, 0.5) is 0 Å². The first-order valence-corrected chi connectivity index (χ1v) is 39.4. The van der Waals surface area contributed by atoms with E-state index in [1.165, 1.54) is 19.3 Å². The molecule has 0 aromatic rings. The zero-order valence-corrected chi connectivity index (χ0v) is 62.1. The Morgan fingerprint density at radius 2 is 0.535 bits per heavy atom. The summed E-state index contributed by atoms with van der Waals surface area (Å²) in [4.78, 5) is 58.5. The van der Waals surface area contributed by atoms with Gasteiger partial charge in [-0.15, -0.1) is 0 Å². The van der Waals surface area contributed by atoms with E-state index in [0.717, 1.165) is 135 Å². The minimum absolute atomic E-state index is 0.00110. The van der Waals surface area contributed by atoms with Gasteiger partial charge < -0.3 is 34.2 Å². The maximum Gasteiger partial charge on any atom is 0.472 e. The molecule has 5 atom stereocenters. The number of rotatable bonds is 66. The van der Waals surface area contributed by atoms with Crippen LogP contribution in [0.15, 0.2) is 207 Å². The zero-order chi connectivity index (χ0) is 72.3. The Bertz CT molecular complexity index is 2630. The van der Waals surface area contributed by atoms with Crippen molar-refractivity contribution in [2.24, 2.45) is 0 Å². The van der Waals surface area contributed by atoms with Gasteiger partial charge in [-0.25, -0.2) is 9.13 Å². The van der Waals surface area contributed by atoms with Crippen LogP contribution < -0.4 is 0 Å². The average Bonchev–Trinajstić information content (AvgIpc) is 2.62. The molecule has 0 aromatic heterocycles. The summed E-state index contributed by atoms with van der Waals surface area (Å²) in [6, 6.07) is 0. The quantitative estimate of drug-likeness (QED) is 0.0146. The number of aliphatic hydroxyl groups is 2. The van der Waals surface area contributed by atoms with E-state index in [-0.39, 0.29) is 19.3 Å². The molecule has 0 saturated heterocycles. The molecule has 0 spiro atoms. The molecule has 0 amide bonds. The molecule has 0 aromatic carbocycles. The second kappa shape index (κ2) is 71.9. The van der Waals surface area contributed by atoms with Gasteiger partial charge in [-0.2, -0.15) is 0 Å². The van der Waals surface area contributed by atoms with Gasteiger partial charge >= 0.3 is 33.6 Å². The van der Waals surface area contributed by atoms with E-state index in [1.54, 1.807) is 0 Å². The van der Waals surface area contributed by atoms with Crippen LogP contribution in [-0.4, -0.2) is 95.9 Å². The standard InChI is InChI=1S/C81H126O16P2/c1-4-7-10-13-16-19-22-25-28-31-33-34-35-36-37-38-39-40-42-45-46-49-52-55-58-61-64-67-79(84)91-70-76(82)71-93-98(87,88)94-72-77(83)73-95-99(89,90)96-75-78(97-81(86)69-66-63-60-57-54-51-48-43-30-27-24-21-18-15-12-9-6-3)74-92-80(85)68-65-62-59-56-53-50-47-44-41-32-29-26-23-20-17-14-11-8-5-2/h7-12,16-21,25-30,33-34,36-37,39-41,44,48,50-51,53,57,59-60,62,76-78,82-83H,4-6,13-15,22-24,31-32,35,38,42-43,45-47,49,52,54-56,58,61,63-75H2,1-3H3,(H,87,88)(H,89,90)/b10-7-,11-8-,12-9-,19-16-,20-17-,21-18-,28-25-,29-26-,30-27-,34-33-,37-36-,40-39-,44-41-,51-48-,53-50-,60-57-,62-59-. The van der Waals surface area contributed by atoms with E-state index >= 15 is 0 Å². The Labute approximate surface area is 597 Å². The van der Waals surface area contributed by atoms with Crippen molar-refractivity contribution < 1.29 is 75.8 Å². The zero-order valence-electron chi connectivity index (χ0n) is 60.3. The molecular weight excluding hydrogens is 1290 g/mol. The minimum atomic E-state index is -4.97. The number of hydrogen-bond acceptors (Lipinski definition) is 14. The highest BCUT2D eigenvalue weighted by molar-refractivity contribution is 7.47. The van der Waals surface area contributed by atoms with Gasteiger partial charge in [0.05, 0.1) is 26.4 Å². The van der Waals surface area contributed by atoms with Crippen molar-refractivity contribution in [3.63, 3.8) is 0 Å². The molecule has 0 aliphatic rings. The molecule has 5 unspecified atom stereocenters. The Morgan fingerprint density at radius 1 is 0.283 bits per heavy atom. The van der Waals surface area contributed by atoms with E-state index < -0.39 is 91.5 Å². The topological polar surface area (TPSA) is 231 Å². The molecule has 0 aliphatic carbocycles. The number of unbranched alkanes of at least 4 members (excludes halogenated alkanes) is 9. The molecule has 0 radical (unpaired) electrons. The van der Waals surface area contributed by atoms with Crippen molar-refractivity contribution in [1.82, 2.24) is 0 Å². The van der Waals surface area contributed by atoms with Gasteiger partial charge in [0.25, 0.3) is 0 Å². The molecule has 0 saturated carbocycles. The smallest absolute Gasteiger partial charge is 0.463 e. The third-order valence-electron chi connectivity index (χ3n) is 14.0. The predicted octanol–water partition coefficient (Wildman–Crippen LogP) is 21.0. The second-order valence-electron chi connectivity index (χ2n) is 23.2. The van der Waals surface area contributed by atoms with Crippen LogP contribution in [0.5, 0.6) is 0 Å². The lowest BCUT2D eigenvalue weighted by molar-refractivity contribution is -0.161. The Kier molecular flexibility index (Phi) is 67.7. The van der Waals surface area contributed by atoms with E-state index in [4.69, 9.17) is 32.3 Å². The van der Waals surface area contributed by atoms with Gasteiger partial charge in [0, 0.05) is 19.3 Å². The Balaban J connectivity index is 4.73. The highest BCUT2D eigenvalue weighted by atomic mass is 31.2. The molecule has 0 heterocycles. The van der Waals surface area contributed by atoms with Crippen molar-refractivity contribution in [2.45, 2.75) is 245 Å². The lowest BCUT2D eigenvalue weighted by Crippen LogP contribution is -2.30. The molecule has 0 fully saturated rings.